The Hall–Kier alpha value is -2.61. The van der Waals surface area contributed by atoms with Gasteiger partial charge in [-0.15, -0.1) is 11.3 Å². The Morgan fingerprint density at radius 2 is 1.87 bits per heavy atom. The largest absolute Gasteiger partial charge is 0.325 e. The van der Waals surface area contributed by atoms with Gasteiger partial charge >= 0.3 is 0 Å². The van der Waals surface area contributed by atoms with Gasteiger partial charge in [-0.1, -0.05) is 53.7 Å². The molecule has 0 bridgehead atoms. The van der Waals surface area contributed by atoms with Gasteiger partial charge in [0.2, 0.25) is 5.91 Å². The van der Waals surface area contributed by atoms with Gasteiger partial charge in [-0.05, 0) is 48.6 Å². The predicted molar refractivity (Wildman–Crippen MR) is 125 cm³/mol. The zero-order valence-corrected chi connectivity index (χ0v) is 18.7. The third-order valence-electron chi connectivity index (χ3n) is 4.62. The van der Waals surface area contributed by atoms with E-state index in [0.29, 0.717) is 26.1 Å². The van der Waals surface area contributed by atoms with Gasteiger partial charge in [0.25, 0.3) is 5.56 Å². The minimum Gasteiger partial charge on any atom is -0.325 e. The molecule has 0 radical (unpaired) electrons. The molecule has 2 aromatic carbocycles. The van der Waals surface area contributed by atoms with E-state index in [0.717, 1.165) is 16.8 Å². The number of hydrogen-bond acceptors (Lipinski definition) is 5. The summed E-state index contributed by atoms with van der Waals surface area (Å²) in [6.07, 6.45) is 0. The number of rotatable bonds is 5. The maximum atomic E-state index is 13.1. The molecule has 0 spiro atoms. The SMILES string of the molecule is Cc1cccc(C)c1NC(=O)CSc1nc2ccsc2c(=O)n1-c1ccccc1Cl. The molecule has 0 aliphatic heterocycles. The third kappa shape index (κ3) is 4.01. The normalized spacial score (nSPS) is 11.0. The highest BCUT2D eigenvalue weighted by Crippen LogP contribution is 2.27. The van der Waals surface area contributed by atoms with Gasteiger partial charge in [-0.2, -0.15) is 0 Å². The first kappa shape index (κ1) is 20.7. The smallest absolute Gasteiger partial charge is 0.276 e. The maximum Gasteiger partial charge on any atom is 0.276 e. The Morgan fingerprint density at radius 3 is 2.60 bits per heavy atom. The lowest BCUT2D eigenvalue weighted by Crippen LogP contribution is -2.22. The molecule has 5 nitrogen and oxygen atoms in total. The lowest BCUT2D eigenvalue weighted by molar-refractivity contribution is -0.113. The topological polar surface area (TPSA) is 64.0 Å². The number of nitrogens with zero attached hydrogens (tertiary/aromatic N) is 2. The summed E-state index contributed by atoms with van der Waals surface area (Å²) in [5.74, 6) is -0.0527. The predicted octanol–water partition coefficient (Wildman–Crippen LogP) is 5.45. The van der Waals surface area contributed by atoms with Crippen LogP contribution in [0.25, 0.3) is 15.9 Å². The molecule has 152 valence electrons. The Balaban J connectivity index is 1.67. The summed E-state index contributed by atoms with van der Waals surface area (Å²) >= 11 is 8.91. The number of benzene rings is 2. The summed E-state index contributed by atoms with van der Waals surface area (Å²) in [4.78, 5) is 30.4. The third-order valence-corrected chi connectivity index (χ3v) is 6.77. The monoisotopic (exact) mass is 455 g/mol. The summed E-state index contributed by atoms with van der Waals surface area (Å²) in [6.45, 7) is 3.91. The lowest BCUT2D eigenvalue weighted by atomic mass is 10.1. The molecule has 30 heavy (non-hydrogen) atoms. The number of thiophene rings is 1. The van der Waals surface area contributed by atoms with Crippen molar-refractivity contribution >= 4 is 56.5 Å². The zero-order valence-electron chi connectivity index (χ0n) is 16.3. The van der Waals surface area contributed by atoms with Crippen molar-refractivity contribution in [2.45, 2.75) is 19.0 Å². The van der Waals surface area contributed by atoms with Gasteiger partial charge in [0.15, 0.2) is 5.16 Å². The van der Waals surface area contributed by atoms with Crippen molar-refractivity contribution in [1.29, 1.82) is 0 Å². The Kier molecular flexibility index (Phi) is 5.94. The van der Waals surface area contributed by atoms with E-state index in [4.69, 9.17) is 11.6 Å². The van der Waals surface area contributed by atoms with Gasteiger partial charge in [-0.25, -0.2) is 4.98 Å². The van der Waals surface area contributed by atoms with Crippen LogP contribution in [-0.4, -0.2) is 21.2 Å². The number of nitrogens with one attached hydrogen (secondary N) is 1. The molecule has 0 aliphatic carbocycles. The van der Waals surface area contributed by atoms with Gasteiger partial charge in [0.1, 0.15) is 4.70 Å². The summed E-state index contributed by atoms with van der Waals surface area (Å²) in [5.41, 5.74) is 3.78. The van der Waals surface area contributed by atoms with Gasteiger partial charge in [0, 0.05) is 5.69 Å². The van der Waals surface area contributed by atoms with Crippen LogP contribution in [0.4, 0.5) is 5.69 Å². The average molecular weight is 456 g/mol. The molecule has 0 aliphatic rings. The number of anilines is 1. The van der Waals surface area contributed by atoms with Crippen molar-refractivity contribution in [3.63, 3.8) is 0 Å². The second kappa shape index (κ2) is 8.63. The van der Waals surface area contributed by atoms with Crippen LogP contribution in [0.2, 0.25) is 5.02 Å². The minimum absolute atomic E-state index is 0.111. The van der Waals surface area contributed by atoms with Crippen molar-refractivity contribution in [3.8, 4) is 5.69 Å². The van der Waals surface area contributed by atoms with Crippen LogP contribution < -0.4 is 10.9 Å². The van der Waals surface area contributed by atoms with E-state index in [9.17, 15) is 9.59 Å². The van der Waals surface area contributed by atoms with Gasteiger partial charge in [-0.3, -0.25) is 14.2 Å². The number of carbonyl (C=O) groups is 1. The maximum absolute atomic E-state index is 13.1. The standard InChI is InChI=1S/C22H18ClN3O2S2/c1-13-6-5-7-14(2)19(13)25-18(27)12-30-22-24-16-10-11-29-20(16)21(28)26(22)17-9-4-3-8-15(17)23/h3-11H,12H2,1-2H3,(H,25,27). The highest BCUT2D eigenvalue weighted by molar-refractivity contribution is 7.99. The fourth-order valence-electron chi connectivity index (χ4n) is 3.15. The number of fused-ring (bicyclic) bond motifs is 1. The van der Waals surface area contributed by atoms with Crippen molar-refractivity contribution in [2.24, 2.45) is 0 Å². The number of para-hydroxylation sites is 2. The van der Waals surface area contributed by atoms with Crippen LogP contribution in [0, 0.1) is 13.8 Å². The molecular formula is C22H18ClN3O2S2. The first-order valence-corrected chi connectivity index (χ1v) is 11.4. The van der Waals surface area contributed by atoms with Crippen molar-refractivity contribution in [1.82, 2.24) is 9.55 Å². The number of carbonyl (C=O) groups excluding carboxylic acids is 1. The van der Waals surface area contributed by atoms with E-state index in [1.165, 1.54) is 27.7 Å². The number of aromatic nitrogens is 2. The molecule has 1 amide bonds. The molecule has 0 saturated heterocycles. The van der Waals surface area contributed by atoms with Gasteiger partial charge in [0.05, 0.1) is 22.0 Å². The van der Waals surface area contributed by atoms with Crippen LogP contribution in [0.15, 0.2) is 63.9 Å². The average Bonchev–Trinajstić information content (AvgIpc) is 3.19. The van der Waals surface area contributed by atoms with Crippen LogP contribution in [0.3, 0.4) is 0 Å². The number of hydrogen-bond donors (Lipinski definition) is 1. The highest BCUT2D eigenvalue weighted by Gasteiger charge is 2.17. The number of aryl methyl sites for hydroxylation is 2. The molecule has 8 heteroatoms. The van der Waals surface area contributed by atoms with E-state index in [2.05, 4.69) is 10.3 Å². The number of halogens is 1. The number of amides is 1. The Bertz CT molecular complexity index is 1290. The van der Waals surface area contributed by atoms with E-state index in [1.807, 2.05) is 43.5 Å². The quantitative estimate of drug-likeness (QED) is 0.321. The van der Waals surface area contributed by atoms with Crippen LogP contribution in [0.5, 0.6) is 0 Å². The summed E-state index contributed by atoms with van der Waals surface area (Å²) in [5, 5.41) is 5.67. The zero-order chi connectivity index (χ0) is 21.3. The second-order valence-corrected chi connectivity index (χ2v) is 8.99. The van der Waals surface area contributed by atoms with E-state index in [-0.39, 0.29) is 17.2 Å². The van der Waals surface area contributed by atoms with Crippen molar-refractivity contribution in [2.75, 3.05) is 11.1 Å². The minimum atomic E-state index is -0.194. The molecule has 0 fully saturated rings. The first-order chi connectivity index (χ1) is 14.5. The highest BCUT2D eigenvalue weighted by atomic mass is 35.5. The van der Waals surface area contributed by atoms with Gasteiger partial charge < -0.3 is 5.32 Å². The Morgan fingerprint density at radius 1 is 1.13 bits per heavy atom. The molecule has 4 rings (SSSR count). The van der Waals surface area contributed by atoms with Crippen LogP contribution in [-0.2, 0) is 4.79 Å². The molecule has 1 N–H and O–H groups in total. The molecule has 4 aromatic rings. The molecule has 0 unspecified atom stereocenters. The van der Waals surface area contributed by atoms with E-state index < -0.39 is 0 Å². The van der Waals surface area contributed by atoms with Crippen molar-refractivity contribution < 1.29 is 4.79 Å². The number of thioether (sulfide) groups is 1. The lowest BCUT2D eigenvalue weighted by Gasteiger charge is -2.14. The molecule has 2 heterocycles. The Labute approximate surface area is 186 Å². The summed E-state index contributed by atoms with van der Waals surface area (Å²) in [7, 11) is 0. The van der Waals surface area contributed by atoms with Crippen LogP contribution >= 0.6 is 34.7 Å². The fraction of sp³-hybridized carbons (Fsp3) is 0.136. The van der Waals surface area contributed by atoms with Crippen molar-refractivity contribution in [3.05, 3.63) is 80.4 Å². The summed E-state index contributed by atoms with van der Waals surface area (Å²) in [6, 6.07) is 14.8. The molecule has 2 aromatic heterocycles. The van der Waals surface area contributed by atoms with E-state index >= 15 is 0 Å². The molecule has 0 saturated carbocycles. The molecular weight excluding hydrogens is 438 g/mol. The van der Waals surface area contributed by atoms with Crippen LogP contribution in [0.1, 0.15) is 11.1 Å². The first-order valence-electron chi connectivity index (χ1n) is 9.19. The summed E-state index contributed by atoms with van der Waals surface area (Å²) < 4.78 is 2.04. The molecule has 0 atom stereocenters. The fourth-order valence-corrected chi connectivity index (χ4v) is 4.94. The van der Waals surface area contributed by atoms with E-state index in [1.54, 1.807) is 24.3 Å². The second-order valence-electron chi connectivity index (χ2n) is 6.72.